The Bertz CT molecular complexity index is 598. The average Bonchev–Trinajstić information content (AvgIpc) is 2.80. The first-order valence-electron chi connectivity index (χ1n) is 6.71. The molecule has 0 spiro atoms. The second-order valence-electron chi connectivity index (χ2n) is 4.57. The summed E-state index contributed by atoms with van der Waals surface area (Å²) in [4.78, 5) is 6.08. The zero-order chi connectivity index (χ0) is 14.7. The van der Waals surface area contributed by atoms with Crippen LogP contribution in [0.15, 0.2) is 22.7 Å². The van der Waals surface area contributed by atoms with Crippen molar-refractivity contribution in [1.82, 2.24) is 10.3 Å². The smallest absolute Gasteiger partial charge is 0.115 e. The molecule has 0 radical (unpaired) electrons. The normalized spacial score (nSPS) is 12.7. The van der Waals surface area contributed by atoms with Crippen molar-refractivity contribution in [2.45, 2.75) is 33.2 Å². The summed E-state index contributed by atoms with van der Waals surface area (Å²) in [5.41, 5.74) is 2.32. The van der Waals surface area contributed by atoms with Gasteiger partial charge in [0.2, 0.25) is 0 Å². The minimum atomic E-state index is 0.0806. The highest BCUT2D eigenvalue weighted by atomic mass is 79.9. The van der Waals surface area contributed by atoms with Crippen molar-refractivity contribution >= 4 is 38.9 Å². The monoisotopic (exact) mass is 372 g/mol. The van der Waals surface area contributed by atoms with Crippen LogP contribution in [-0.4, -0.2) is 11.5 Å². The summed E-state index contributed by atoms with van der Waals surface area (Å²) in [5, 5.41) is 5.35. The molecule has 0 amide bonds. The van der Waals surface area contributed by atoms with E-state index in [0.717, 1.165) is 33.0 Å². The Morgan fingerprint density at radius 2 is 2.15 bits per heavy atom. The molecule has 0 aliphatic carbocycles. The number of nitrogens with zero attached hydrogens (tertiary/aromatic N) is 1. The summed E-state index contributed by atoms with van der Waals surface area (Å²) in [6.45, 7) is 7.26. The highest BCUT2D eigenvalue weighted by Gasteiger charge is 2.20. The molecule has 2 rings (SSSR count). The molecular formula is C15H18BrClN2S. The van der Waals surface area contributed by atoms with E-state index in [9.17, 15) is 0 Å². The molecule has 0 saturated heterocycles. The summed E-state index contributed by atoms with van der Waals surface area (Å²) in [6.07, 6.45) is 0.970. The van der Waals surface area contributed by atoms with Crippen LogP contribution >= 0.6 is 38.9 Å². The first kappa shape index (κ1) is 16.0. The number of thiazole rings is 1. The SMILES string of the molecule is CCNC(c1nc(CC)c(C)s1)c1cc(Cl)ccc1Br. The van der Waals surface area contributed by atoms with Crippen LogP contribution in [0.3, 0.4) is 0 Å². The standard InChI is InChI=1S/C15H18BrClN2S/c1-4-13-9(3)20-15(19-13)14(18-5-2)11-8-10(17)6-7-12(11)16/h6-8,14,18H,4-5H2,1-3H3. The van der Waals surface area contributed by atoms with Crippen LogP contribution in [0.5, 0.6) is 0 Å². The van der Waals surface area contributed by atoms with Crippen molar-refractivity contribution in [3.05, 3.63) is 48.8 Å². The van der Waals surface area contributed by atoms with Crippen LogP contribution < -0.4 is 5.32 Å². The number of hydrogen-bond acceptors (Lipinski definition) is 3. The summed E-state index contributed by atoms with van der Waals surface area (Å²) in [5.74, 6) is 0. The maximum absolute atomic E-state index is 6.15. The summed E-state index contributed by atoms with van der Waals surface area (Å²) < 4.78 is 1.05. The number of benzene rings is 1. The molecular weight excluding hydrogens is 356 g/mol. The topological polar surface area (TPSA) is 24.9 Å². The van der Waals surface area contributed by atoms with E-state index in [2.05, 4.69) is 42.0 Å². The van der Waals surface area contributed by atoms with Crippen LogP contribution in [0.4, 0.5) is 0 Å². The minimum absolute atomic E-state index is 0.0806. The third-order valence-electron chi connectivity index (χ3n) is 3.17. The molecule has 0 aliphatic heterocycles. The lowest BCUT2D eigenvalue weighted by molar-refractivity contribution is 0.623. The number of aromatic nitrogens is 1. The van der Waals surface area contributed by atoms with Crippen molar-refractivity contribution in [1.29, 1.82) is 0 Å². The molecule has 2 aromatic rings. The zero-order valence-electron chi connectivity index (χ0n) is 11.8. The number of halogens is 2. The van der Waals surface area contributed by atoms with Gasteiger partial charge in [0.25, 0.3) is 0 Å². The molecule has 0 fully saturated rings. The van der Waals surface area contributed by atoms with E-state index in [-0.39, 0.29) is 6.04 Å². The fourth-order valence-corrected chi connectivity index (χ4v) is 3.93. The Kier molecular flexibility index (Phi) is 5.61. The molecule has 0 bridgehead atoms. The predicted octanol–water partition coefficient (Wildman–Crippen LogP) is 5.13. The van der Waals surface area contributed by atoms with E-state index in [0.29, 0.717) is 0 Å². The Morgan fingerprint density at radius 1 is 1.40 bits per heavy atom. The molecule has 1 unspecified atom stereocenters. The molecule has 1 N–H and O–H groups in total. The number of rotatable bonds is 5. The van der Waals surface area contributed by atoms with Crippen molar-refractivity contribution < 1.29 is 0 Å². The lowest BCUT2D eigenvalue weighted by Crippen LogP contribution is -2.22. The largest absolute Gasteiger partial charge is 0.305 e. The van der Waals surface area contributed by atoms with E-state index in [1.165, 1.54) is 10.6 Å². The lowest BCUT2D eigenvalue weighted by atomic mass is 10.1. The zero-order valence-corrected chi connectivity index (χ0v) is 15.0. The summed E-state index contributed by atoms with van der Waals surface area (Å²) >= 11 is 11.5. The van der Waals surface area contributed by atoms with Crippen molar-refractivity contribution in [2.75, 3.05) is 6.54 Å². The Hall–Kier alpha value is -0.420. The van der Waals surface area contributed by atoms with Gasteiger partial charge in [-0.05, 0) is 43.7 Å². The van der Waals surface area contributed by atoms with Gasteiger partial charge in [0, 0.05) is 14.4 Å². The van der Waals surface area contributed by atoms with E-state index in [1.54, 1.807) is 11.3 Å². The first-order valence-corrected chi connectivity index (χ1v) is 8.70. The molecule has 1 aromatic carbocycles. The van der Waals surface area contributed by atoms with Gasteiger partial charge in [0.05, 0.1) is 11.7 Å². The van der Waals surface area contributed by atoms with Gasteiger partial charge in [-0.2, -0.15) is 0 Å². The van der Waals surface area contributed by atoms with Gasteiger partial charge in [-0.25, -0.2) is 4.98 Å². The molecule has 0 aliphatic rings. The summed E-state index contributed by atoms with van der Waals surface area (Å²) in [7, 11) is 0. The Labute approximate surface area is 137 Å². The molecule has 1 atom stereocenters. The molecule has 20 heavy (non-hydrogen) atoms. The van der Waals surface area contributed by atoms with Gasteiger partial charge in [-0.15, -0.1) is 11.3 Å². The number of hydrogen-bond donors (Lipinski definition) is 1. The van der Waals surface area contributed by atoms with Crippen molar-refractivity contribution in [3.63, 3.8) is 0 Å². The third-order valence-corrected chi connectivity index (χ3v) is 5.20. The van der Waals surface area contributed by atoms with Crippen LogP contribution in [0.25, 0.3) is 0 Å². The fourth-order valence-electron chi connectivity index (χ4n) is 2.17. The van der Waals surface area contributed by atoms with Crippen LogP contribution in [0.1, 0.15) is 41.0 Å². The van der Waals surface area contributed by atoms with Gasteiger partial charge < -0.3 is 5.32 Å². The highest BCUT2D eigenvalue weighted by Crippen LogP contribution is 2.33. The Morgan fingerprint density at radius 3 is 2.75 bits per heavy atom. The molecule has 108 valence electrons. The summed E-state index contributed by atoms with van der Waals surface area (Å²) in [6, 6.07) is 5.96. The number of nitrogens with one attached hydrogen (secondary N) is 1. The molecule has 5 heteroatoms. The van der Waals surface area contributed by atoms with Gasteiger partial charge >= 0.3 is 0 Å². The second-order valence-corrected chi connectivity index (χ2v) is 7.09. The van der Waals surface area contributed by atoms with E-state index >= 15 is 0 Å². The molecule has 2 nitrogen and oxygen atoms in total. The van der Waals surface area contributed by atoms with Crippen LogP contribution in [-0.2, 0) is 6.42 Å². The van der Waals surface area contributed by atoms with Crippen LogP contribution in [0, 0.1) is 6.92 Å². The van der Waals surface area contributed by atoms with Crippen LogP contribution in [0.2, 0.25) is 5.02 Å². The quantitative estimate of drug-likeness (QED) is 0.786. The molecule has 0 saturated carbocycles. The second kappa shape index (κ2) is 7.03. The number of aryl methyl sites for hydroxylation is 2. The fraction of sp³-hybridized carbons (Fsp3) is 0.400. The maximum Gasteiger partial charge on any atom is 0.115 e. The Balaban J connectivity index is 2.46. The predicted molar refractivity (Wildman–Crippen MR) is 90.9 cm³/mol. The third kappa shape index (κ3) is 3.42. The molecule has 1 aromatic heterocycles. The average molecular weight is 374 g/mol. The minimum Gasteiger partial charge on any atom is -0.305 e. The lowest BCUT2D eigenvalue weighted by Gasteiger charge is -2.17. The van der Waals surface area contributed by atoms with Gasteiger partial charge in [0.1, 0.15) is 5.01 Å². The van der Waals surface area contributed by atoms with E-state index < -0.39 is 0 Å². The maximum atomic E-state index is 6.15. The first-order chi connectivity index (χ1) is 9.56. The van der Waals surface area contributed by atoms with Crippen molar-refractivity contribution in [2.24, 2.45) is 0 Å². The highest BCUT2D eigenvalue weighted by molar-refractivity contribution is 9.10. The van der Waals surface area contributed by atoms with E-state index in [1.807, 2.05) is 18.2 Å². The van der Waals surface area contributed by atoms with Gasteiger partial charge in [0.15, 0.2) is 0 Å². The van der Waals surface area contributed by atoms with E-state index in [4.69, 9.17) is 16.6 Å². The molecule has 1 heterocycles. The van der Waals surface area contributed by atoms with Gasteiger partial charge in [-0.1, -0.05) is 41.4 Å². The van der Waals surface area contributed by atoms with Crippen molar-refractivity contribution in [3.8, 4) is 0 Å². The van der Waals surface area contributed by atoms with Gasteiger partial charge in [-0.3, -0.25) is 0 Å².